The molecule has 0 fully saturated rings. The van der Waals surface area contributed by atoms with Crippen molar-refractivity contribution in [3.63, 3.8) is 0 Å². The Labute approximate surface area is 130 Å². The summed E-state index contributed by atoms with van der Waals surface area (Å²) < 4.78 is 2.23. The molecule has 2 nitrogen and oxygen atoms in total. The average molecular weight is 364 g/mol. The molecular formula is C15H29IN2. The lowest BCUT2D eigenvalue weighted by Crippen LogP contribution is -3.00. The Morgan fingerprint density at radius 3 is 1.89 bits per heavy atom. The first kappa shape index (κ1) is 17.9. The van der Waals surface area contributed by atoms with Gasteiger partial charge in [0.2, 0.25) is 6.33 Å². The molecule has 0 saturated heterocycles. The molecule has 0 bridgehead atoms. The summed E-state index contributed by atoms with van der Waals surface area (Å²) in [6, 6.07) is 0. The van der Waals surface area contributed by atoms with Gasteiger partial charge in [-0.2, -0.15) is 0 Å². The minimum atomic E-state index is 0. The normalized spacial score (nSPS) is 10.3. The van der Waals surface area contributed by atoms with E-state index in [2.05, 4.69) is 22.7 Å². The van der Waals surface area contributed by atoms with E-state index in [0.717, 1.165) is 0 Å². The Morgan fingerprint density at radius 2 is 1.39 bits per heavy atom. The Hall–Kier alpha value is -0.0600. The van der Waals surface area contributed by atoms with E-state index < -0.39 is 0 Å². The monoisotopic (exact) mass is 364 g/mol. The summed E-state index contributed by atoms with van der Waals surface area (Å²) in [6.07, 6.45) is 20.2. The molecule has 0 saturated carbocycles. The standard InChI is InChI=1S/C15H28N2.HI/c1-2-3-4-5-6-7-8-9-10-11-13-17-14-12-16-15-17;/h12,14-15H,2-11,13H2,1H3;1H. The van der Waals surface area contributed by atoms with Crippen LogP contribution < -0.4 is 28.5 Å². The number of hydrogen-bond donors (Lipinski definition) is 1. The number of unbranched alkanes of at least 4 members (excludes halogenated alkanes) is 9. The number of nitrogens with one attached hydrogen (secondary N) is 1. The van der Waals surface area contributed by atoms with E-state index >= 15 is 0 Å². The predicted octanol–water partition coefficient (Wildman–Crippen LogP) is 1.23. The van der Waals surface area contributed by atoms with Crippen LogP contribution in [0.25, 0.3) is 0 Å². The number of halogens is 1. The van der Waals surface area contributed by atoms with Crippen LogP contribution in [0, 0.1) is 0 Å². The lowest BCUT2D eigenvalue weighted by molar-refractivity contribution is -0.696. The zero-order valence-corrected chi connectivity index (χ0v) is 14.0. The highest BCUT2D eigenvalue weighted by Crippen LogP contribution is 2.10. The second kappa shape index (κ2) is 13.4. The number of aromatic nitrogens is 2. The molecule has 1 N–H and O–H groups in total. The molecule has 0 spiro atoms. The summed E-state index contributed by atoms with van der Waals surface area (Å²) in [5.74, 6) is 0. The highest BCUT2D eigenvalue weighted by atomic mass is 127. The second-order valence-electron chi connectivity index (χ2n) is 5.03. The van der Waals surface area contributed by atoms with Crippen molar-refractivity contribution in [2.24, 2.45) is 0 Å². The molecule has 1 aromatic rings. The van der Waals surface area contributed by atoms with Gasteiger partial charge in [-0.25, -0.2) is 4.57 Å². The van der Waals surface area contributed by atoms with Gasteiger partial charge in [0.05, 0.1) is 6.54 Å². The van der Waals surface area contributed by atoms with Crippen LogP contribution in [0.2, 0.25) is 0 Å². The molecule has 3 heteroatoms. The summed E-state index contributed by atoms with van der Waals surface area (Å²) in [5.41, 5.74) is 0. The number of H-pyrrole nitrogens is 1. The fourth-order valence-electron chi connectivity index (χ4n) is 2.24. The molecule has 106 valence electrons. The van der Waals surface area contributed by atoms with Gasteiger partial charge in [-0.15, -0.1) is 0 Å². The maximum absolute atomic E-state index is 3.08. The summed E-state index contributed by atoms with van der Waals surface area (Å²) in [7, 11) is 0. The second-order valence-corrected chi connectivity index (χ2v) is 5.03. The van der Waals surface area contributed by atoms with Crippen LogP contribution in [0.15, 0.2) is 18.7 Å². The summed E-state index contributed by atoms with van der Waals surface area (Å²) in [4.78, 5) is 3.08. The zero-order valence-electron chi connectivity index (χ0n) is 11.8. The molecule has 0 unspecified atom stereocenters. The van der Waals surface area contributed by atoms with Crippen molar-refractivity contribution >= 4 is 0 Å². The minimum absolute atomic E-state index is 0. The number of aromatic amines is 1. The van der Waals surface area contributed by atoms with Crippen molar-refractivity contribution in [3.8, 4) is 0 Å². The number of aryl methyl sites for hydroxylation is 1. The van der Waals surface area contributed by atoms with Crippen molar-refractivity contribution in [1.82, 2.24) is 4.98 Å². The van der Waals surface area contributed by atoms with E-state index in [4.69, 9.17) is 0 Å². The lowest BCUT2D eigenvalue weighted by atomic mass is 10.1. The SMILES string of the molecule is CCCCCCCCCCCC[n+]1cc[nH]c1.[I-]. The van der Waals surface area contributed by atoms with Crippen molar-refractivity contribution in [2.45, 2.75) is 77.7 Å². The first-order valence-corrected chi connectivity index (χ1v) is 7.45. The van der Waals surface area contributed by atoms with Gasteiger partial charge in [-0.1, -0.05) is 58.3 Å². The van der Waals surface area contributed by atoms with Gasteiger partial charge in [-0.05, 0) is 12.8 Å². The van der Waals surface area contributed by atoms with Crippen LogP contribution in [-0.2, 0) is 6.54 Å². The highest BCUT2D eigenvalue weighted by Gasteiger charge is 1.96. The van der Waals surface area contributed by atoms with Gasteiger partial charge in [0.25, 0.3) is 0 Å². The molecule has 1 rings (SSSR count). The quantitative estimate of drug-likeness (QED) is 0.346. The smallest absolute Gasteiger partial charge is 0.241 e. The van der Waals surface area contributed by atoms with Gasteiger partial charge in [0, 0.05) is 0 Å². The van der Waals surface area contributed by atoms with Gasteiger partial charge in [-0.3, -0.25) is 4.98 Å². The van der Waals surface area contributed by atoms with Gasteiger partial charge < -0.3 is 24.0 Å². The predicted molar refractivity (Wildman–Crippen MR) is 72.8 cm³/mol. The number of nitrogens with zero attached hydrogens (tertiary/aromatic N) is 1. The third kappa shape index (κ3) is 9.92. The Bertz CT molecular complexity index is 247. The molecule has 0 aliphatic heterocycles. The molecule has 1 heterocycles. The fourth-order valence-corrected chi connectivity index (χ4v) is 2.24. The van der Waals surface area contributed by atoms with E-state index in [1.54, 1.807) is 0 Å². The lowest BCUT2D eigenvalue weighted by Gasteiger charge is -2.01. The van der Waals surface area contributed by atoms with Crippen LogP contribution in [0.1, 0.15) is 71.1 Å². The zero-order chi connectivity index (χ0) is 12.2. The van der Waals surface area contributed by atoms with Crippen molar-refractivity contribution in [3.05, 3.63) is 18.7 Å². The molecule has 0 aromatic carbocycles. The Balaban J connectivity index is 0.00000289. The third-order valence-corrected chi connectivity index (χ3v) is 3.37. The van der Waals surface area contributed by atoms with Gasteiger partial charge >= 0.3 is 0 Å². The average Bonchev–Trinajstić information content (AvgIpc) is 2.85. The molecule has 0 aliphatic rings. The first-order valence-electron chi connectivity index (χ1n) is 7.45. The van der Waals surface area contributed by atoms with E-state index in [1.165, 1.54) is 70.8 Å². The summed E-state index contributed by atoms with van der Waals surface area (Å²) in [6.45, 7) is 3.45. The molecule has 0 radical (unpaired) electrons. The first-order chi connectivity index (χ1) is 8.43. The van der Waals surface area contributed by atoms with E-state index in [0.29, 0.717) is 0 Å². The molecule has 1 aromatic heterocycles. The van der Waals surface area contributed by atoms with E-state index in [-0.39, 0.29) is 24.0 Å². The van der Waals surface area contributed by atoms with Crippen LogP contribution in [0.4, 0.5) is 0 Å². The highest BCUT2D eigenvalue weighted by molar-refractivity contribution is 4.55. The van der Waals surface area contributed by atoms with Crippen LogP contribution >= 0.6 is 0 Å². The molecule has 18 heavy (non-hydrogen) atoms. The molecule has 0 aliphatic carbocycles. The maximum atomic E-state index is 3.08. The number of rotatable bonds is 11. The minimum Gasteiger partial charge on any atom is -1.00 e. The van der Waals surface area contributed by atoms with Crippen LogP contribution in [-0.4, -0.2) is 4.98 Å². The summed E-state index contributed by atoms with van der Waals surface area (Å²) >= 11 is 0. The van der Waals surface area contributed by atoms with Crippen molar-refractivity contribution < 1.29 is 28.5 Å². The maximum Gasteiger partial charge on any atom is 0.241 e. The van der Waals surface area contributed by atoms with E-state index in [9.17, 15) is 0 Å². The van der Waals surface area contributed by atoms with Crippen molar-refractivity contribution in [1.29, 1.82) is 0 Å². The molecule has 0 atom stereocenters. The van der Waals surface area contributed by atoms with Crippen LogP contribution in [0.5, 0.6) is 0 Å². The molecule has 0 amide bonds. The van der Waals surface area contributed by atoms with Crippen molar-refractivity contribution in [2.75, 3.05) is 0 Å². The summed E-state index contributed by atoms with van der Waals surface area (Å²) in [5, 5.41) is 0. The van der Waals surface area contributed by atoms with Crippen LogP contribution in [0.3, 0.4) is 0 Å². The number of hydrogen-bond acceptors (Lipinski definition) is 0. The fraction of sp³-hybridized carbons (Fsp3) is 0.800. The third-order valence-electron chi connectivity index (χ3n) is 3.37. The largest absolute Gasteiger partial charge is 1.00 e. The molecular weight excluding hydrogens is 335 g/mol. The van der Waals surface area contributed by atoms with E-state index in [1.807, 2.05) is 12.5 Å². The topological polar surface area (TPSA) is 19.7 Å². The van der Waals surface area contributed by atoms with Gasteiger partial charge in [0.15, 0.2) is 0 Å². The number of imidazole rings is 1. The Morgan fingerprint density at radius 1 is 0.833 bits per heavy atom. The van der Waals surface area contributed by atoms with Gasteiger partial charge in [0.1, 0.15) is 12.4 Å². The Kier molecular flexibility index (Phi) is 13.3.